The largest absolute Gasteiger partial charge is 0.382 e. The molecule has 14 heavy (non-hydrogen) atoms. The van der Waals surface area contributed by atoms with Crippen molar-refractivity contribution in [3.8, 4) is 0 Å². The molecule has 0 rings (SSSR count). The van der Waals surface area contributed by atoms with Gasteiger partial charge in [-0.3, -0.25) is 0 Å². The van der Waals surface area contributed by atoms with Crippen LogP contribution in [0.4, 0.5) is 0 Å². The van der Waals surface area contributed by atoms with Crippen molar-refractivity contribution in [3.05, 3.63) is 0 Å². The van der Waals surface area contributed by atoms with Crippen molar-refractivity contribution in [2.24, 2.45) is 0 Å². The summed E-state index contributed by atoms with van der Waals surface area (Å²) >= 11 is 1.40. The molecule has 0 aromatic heterocycles. The van der Waals surface area contributed by atoms with Crippen molar-refractivity contribution in [1.29, 1.82) is 0 Å². The summed E-state index contributed by atoms with van der Waals surface area (Å²) in [4.78, 5) is 0. The van der Waals surface area contributed by atoms with E-state index in [9.17, 15) is 0 Å². The summed E-state index contributed by atoms with van der Waals surface area (Å²) in [5, 5.41) is 1.49. The van der Waals surface area contributed by atoms with Crippen molar-refractivity contribution in [2.45, 2.75) is 63.6 Å². The maximum absolute atomic E-state index is 5.30. The highest BCUT2D eigenvalue weighted by molar-refractivity contribution is 6.08. The highest BCUT2D eigenvalue weighted by atomic mass is 27.0. The normalized spacial score (nSPS) is 10.6. The van der Waals surface area contributed by atoms with Crippen LogP contribution < -0.4 is 0 Å². The summed E-state index contributed by atoms with van der Waals surface area (Å²) in [6, 6.07) is 0. The third-order valence-electron chi connectivity index (χ3n) is 2.60. The van der Waals surface area contributed by atoms with E-state index < -0.39 is 0 Å². The molecule has 1 nitrogen and oxygen atoms in total. The molecule has 0 fully saturated rings. The standard InChI is InChI=1S/C12H25O.Al.2H/c1-3-5-6-7-8-9-10-11-12-13-4-2;;;/h1,3-12H2,2H3;;;. The Bertz CT molecular complexity index is 84.3. The predicted molar refractivity (Wildman–Crippen MR) is 66.8 cm³/mol. The number of hydrogen-bond donors (Lipinski definition) is 0. The molecule has 0 amide bonds. The third-order valence-corrected chi connectivity index (χ3v) is 3.30. The average molecular weight is 214 g/mol. The Kier molecular flexibility index (Phi) is 14.0. The Morgan fingerprint density at radius 3 is 1.79 bits per heavy atom. The molecule has 0 radical (unpaired) electrons. The van der Waals surface area contributed by atoms with Crippen LogP contribution in [-0.2, 0) is 4.74 Å². The van der Waals surface area contributed by atoms with Crippen LogP contribution in [0.3, 0.4) is 0 Å². The van der Waals surface area contributed by atoms with Crippen LogP contribution in [0.25, 0.3) is 0 Å². The van der Waals surface area contributed by atoms with Gasteiger partial charge in [0.2, 0.25) is 16.3 Å². The molecule has 0 N–H and O–H groups in total. The summed E-state index contributed by atoms with van der Waals surface area (Å²) in [5.41, 5.74) is 0. The zero-order valence-corrected chi connectivity index (χ0v) is 12.2. The molecule has 2 heteroatoms. The predicted octanol–water partition coefficient (Wildman–Crippen LogP) is 3.20. The fraction of sp³-hybridized carbons (Fsp3) is 1.00. The number of rotatable bonds is 11. The van der Waals surface area contributed by atoms with Gasteiger partial charge in [0.1, 0.15) is 0 Å². The van der Waals surface area contributed by atoms with Gasteiger partial charge in [-0.05, 0) is 13.3 Å². The second kappa shape index (κ2) is 13.5. The van der Waals surface area contributed by atoms with Crippen LogP contribution in [0.2, 0.25) is 5.28 Å². The van der Waals surface area contributed by atoms with E-state index in [4.69, 9.17) is 4.74 Å². The molecule has 0 spiro atoms. The molecule has 0 aromatic carbocycles. The van der Waals surface area contributed by atoms with Gasteiger partial charge in [0.15, 0.2) is 0 Å². The maximum Gasteiger partial charge on any atom is 0.211 e. The van der Waals surface area contributed by atoms with E-state index in [0.29, 0.717) is 0 Å². The maximum atomic E-state index is 5.30. The molecule has 0 atom stereocenters. The Hall–Kier alpha value is 0.492. The van der Waals surface area contributed by atoms with Gasteiger partial charge in [0, 0.05) is 13.2 Å². The summed E-state index contributed by atoms with van der Waals surface area (Å²) in [5.74, 6) is 0. The lowest BCUT2D eigenvalue weighted by Gasteiger charge is -2.02. The van der Waals surface area contributed by atoms with E-state index in [1.807, 2.05) is 0 Å². The molecule has 0 aliphatic carbocycles. The summed E-state index contributed by atoms with van der Waals surface area (Å²) in [6.07, 6.45) is 11.3. The Labute approximate surface area is 98.0 Å². The molecule has 84 valence electrons. The van der Waals surface area contributed by atoms with Crippen molar-refractivity contribution in [3.63, 3.8) is 0 Å². The Morgan fingerprint density at radius 1 is 0.786 bits per heavy atom. The highest BCUT2D eigenvalue weighted by Crippen LogP contribution is 2.09. The van der Waals surface area contributed by atoms with Gasteiger partial charge < -0.3 is 4.74 Å². The SMILES string of the molecule is CCOCCCCCCCCC[CH2][AlH2]. The average Bonchev–Trinajstić information content (AvgIpc) is 2.21. The van der Waals surface area contributed by atoms with Crippen molar-refractivity contribution in [1.82, 2.24) is 0 Å². The van der Waals surface area contributed by atoms with Gasteiger partial charge in [-0.1, -0.05) is 44.9 Å². The molecule has 0 aliphatic rings. The molecule has 0 aromatic rings. The van der Waals surface area contributed by atoms with Gasteiger partial charge in [0.05, 0.1) is 0 Å². The minimum absolute atomic E-state index is 0.875. The second-order valence-corrected chi connectivity index (χ2v) is 5.03. The van der Waals surface area contributed by atoms with Gasteiger partial charge in [0.25, 0.3) is 0 Å². The molecular weight excluding hydrogens is 187 g/mol. The lowest BCUT2D eigenvalue weighted by atomic mass is 10.1. The lowest BCUT2D eigenvalue weighted by Crippen LogP contribution is -1.92. The van der Waals surface area contributed by atoms with Crippen molar-refractivity contribution < 1.29 is 4.74 Å². The zero-order chi connectivity index (χ0) is 10.5. The second-order valence-electron chi connectivity index (χ2n) is 4.03. The summed E-state index contributed by atoms with van der Waals surface area (Å²) in [7, 11) is 0. The smallest absolute Gasteiger partial charge is 0.211 e. The lowest BCUT2D eigenvalue weighted by molar-refractivity contribution is 0.143. The van der Waals surface area contributed by atoms with Crippen LogP contribution in [0.1, 0.15) is 58.3 Å². The first kappa shape index (κ1) is 14.5. The van der Waals surface area contributed by atoms with E-state index in [1.54, 1.807) is 0 Å². The van der Waals surface area contributed by atoms with Crippen molar-refractivity contribution in [2.75, 3.05) is 13.2 Å². The van der Waals surface area contributed by atoms with E-state index in [0.717, 1.165) is 13.2 Å². The summed E-state index contributed by atoms with van der Waals surface area (Å²) < 4.78 is 5.30. The first-order valence-corrected chi connectivity index (χ1v) is 7.91. The minimum atomic E-state index is 0.875. The molecule has 0 unspecified atom stereocenters. The summed E-state index contributed by atoms with van der Waals surface area (Å²) in [6.45, 7) is 3.91. The number of unbranched alkanes of at least 4 members (excludes halogenated alkanes) is 7. The minimum Gasteiger partial charge on any atom is -0.382 e. The molecule has 0 bridgehead atoms. The van der Waals surface area contributed by atoms with Crippen LogP contribution in [-0.4, -0.2) is 29.5 Å². The highest BCUT2D eigenvalue weighted by Gasteiger charge is 1.91. The fourth-order valence-corrected chi connectivity index (χ4v) is 2.16. The van der Waals surface area contributed by atoms with E-state index in [1.165, 1.54) is 72.9 Å². The third kappa shape index (κ3) is 12.5. The first-order chi connectivity index (χ1) is 6.91. The van der Waals surface area contributed by atoms with Crippen molar-refractivity contribution >= 4 is 16.3 Å². The van der Waals surface area contributed by atoms with Gasteiger partial charge in [-0.15, -0.1) is 5.28 Å². The molecule has 0 aliphatic heterocycles. The quantitative estimate of drug-likeness (QED) is 0.379. The molecular formula is C12H27AlO. The van der Waals surface area contributed by atoms with Gasteiger partial charge in [-0.2, -0.15) is 0 Å². The Balaban J connectivity index is 2.78. The van der Waals surface area contributed by atoms with E-state index in [2.05, 4.69) is 6.92 Å². The van der Waals surface area contributed by atoms with Gasteiger partial charge >= 0.3 is 0 Å². The number of hydrogen-bond acceptors (Lipinski definition) is 1. The monoisotopic (exact) mass is 214 g/mol. The van der Waals surface area contributed by atoms with E-state index in [-0.39, 0.29) is 0 Å². The number of ether oxygens (including phenoxy) is 1. The topological polar surface area (TPSA) is 9.23 Å². The van der Waals surface area contributed by atoms with Crippen LogP contribution in [0, 0.1) is 0 Å². The Morgan fingerprint density at radius 2 is 1.29 bits per heavy atom. The van der Waals surface area contributed by atoms with Crippen LogP contribution in [0.5, 0.6) is 0 Å². The molecule has 0 heterocycles. The fourth-order valence-electron chi connectivity index (χ4n) is 1.66. The van der Waals surface area contributed by atoms with Crippen LogP contribution >= 0.6 is 0 Å². The zero-order valence-electron chi connectivity index (χ0n) is 10.2. The molecule has 0 saturated carbocycles. The van der Waals surface area contributed by atoms with Crippen LogP contribution in [0.15, 0.2) is 0 Å². The molecule has 0 saturated heterocycles. The van der Waals surface area contributed by atoms with Gasteiger partial charge in [-0.25, -0.2) is 0 Å². The first-order valence-electron chi connectivity index (χ1n) is 6.49. The van der Waals surface area contributed by atoms with E-state index >= 15 is 0 Å².